The maximum absolute atomic E-state index is 4.56. The second-order valence-corrected chi connectivity index (χ2v) is 5.97. The third-order valence-corrected chi connectivity index (χ3v) is 4.00. The average Bonchev–Trinajstić information content (AvgIpc) is 3.00. The van der Waals surface area contributed by atoms with E-state index in [1.54, 1.807) is 12.4 Å². The van der Waals surface area contributed by atoms with Crippen LogP contribution in [-0.4, -0.2) is 53.1 Å². The molecule has 22 heavy (non-hydrogen) atoms. The molecule has 1 unspecified atom stereocenters. The van der Waals surface area contributed by atoms with E-state index in [0.717, 1.165) is 30.2 Å². The van der Waals surface area contributed by atoms with Gasteiger partial charge in [-0.25, -0.2) is 15.0 Å². The summed E-state index contributed by atoms with van der Waals surface area (Å²) in [5.74, 6) is 1.62. The lowest BCUT2D eigenvalue weighted by atomic mass is 10.2. The monoisotopic (exact) mass is 298 g/mol. The summed E-state index contributed by atoms with van der Waals surface area (Å²) in [6.07, 6.45) is 6.61. The van der Waals surface area contributed by atoms with Gasteiger partial charge >= 0.3 is 0 Å². The van der Waals surface area contributed by atoms with Crippen LogP contribution >= 0.6 is 0 Å². The molecule has 6 heteroatoms. The highest BCUT2D eigenvalue weighted by Crippen LogP contribution is 2.22. The molecule has 0 saturated carbocycles. The number of hydrogen-bond donors (Lipinski definition) is 1. The summed E-state index contributed by atoms with van der Waals surface area (Å²) < 4.78 is 0. The van der Waals surface area contributed by atoms with E-state index in [1.807, 2.05) is 19.2 Å². The minimum Gasteiger partial charge on any atom is -0.355 e. The fourth-order valence-corrected chi connectivity index (χ4v) is 2.60. The predicted octanol–water partition coefficient (Wildman–Crippen LogP) is 2.06. The van der Waals surface area contributed by atoms with Crippen molar-refractivity contribution in [1.82, 2.24) is 19.9 Å². The third kappa shape index (κ3) is 3.33. The smallest absolute Gasteiger partial charge is 0.227 e. The molecule has 0 radical (unpaired) electrons. The lowest BCUT2D eigenvalue weighted by molar-refractivity contribution is 0.315. The molecule has 1 atom stereocenters. The summed E-state index contributed by atoms with van der Waals surface area (Å²) in [7, 11) is 4.27. The quantitative estimate of drug-likeness (QED) is 0.932. The van der Waals surface area contributed by atoms with Crippen LogP contribution in [-0.2, 0) is 0 Å². The zero-order valence-electron chi connectivity index (χ0n) is 13.3. The molecule has 116 valence electrons. The summed E-state index contributed by atoms with van der Waals surface area (Å²) in [5, 5.41) is 3.16. The summed E-state index contributed by atoms with van der Waals surface area (Å²) in [6.45, 7) is 4.06. The number of hydrogen-bond acceptors (Lipinski definition) is 6. The number of anilines is 3. The van der Waals surface area contributed by atoms with E-state index in [1.165, 1.54) is 6.42 Å². The minimum atomic E-state index is 0.592. The maximum Gasteiger partial charge on any atom is 0.227 e. The Bertz CT molecular complexity index is 608. The molecule has 3 rings (SSSR count). The summed E-state index contributed by atoms with van der Waals surface area (Å²) >= 11 is 0. The van der Waals surface area contributed by atoms with Gasteiger partial charge in [-0.1, -0.05) is 0 Å². The normalized spacial score (nSPS) is 18.0. The average molecular weight is 298 g/mol. The van der Waals surface area contributed by atoms with Crippen LogP contribution in [0.25, 0.3) is 0 Å². The lowest BCUT2D eigenvalue weighted by Gasteiger charge is -2.21. The van der Waals surface area contributed by atoms with Crippen molar-refractivity contribution in [3.05, 3.63) is 36.3 Å². The highest BCUT2D eigenvalue weighted by atomic mass is 15.3. The van der Waals surface area contributed by atoms with E-state index in [4.69, 9.17) is 0 Å². The molecule has 1 aliphatic rings. The first-order chi connectivity index (χ1) is 10.6. The Balaban J connectivity index is 1.64. The van der Waals surface area contributed by atoms with Crippen LogP contribution in [0.3, 0.4) is 0 Å². The third-order valence-electron chi connectivity index (χ3n) is 4.00. The molecule has 1 saturated heterocycles. The van der Waals surface area contributed by atoms with Gasteiger partial charge in [-0.3, -0.25) is 0 Å². The first-order valence-electron chi connectivity index (χ1n) is 7.55. The van der Waals surface area contributed by atoms with E-state index in [2.05, 4.69) is 50.2 Å². The molecule has 0 spiro atoms. The topological polar surface area (TPSA) is 57.2 Å². The first-order valence-corrected chi connectivity index (χ1v) is 7.55. The van der Waals surface area contributed by atoms with Crippen molar-refractivity contribution in [1.29, 1.82) is 0 Å². The molecule has 1 aliphatic heterocycles. The van der Waals surface area contributed by atoms with Crippen LogP contribution in [0.2, 0.25) is 0 Å². The van der Waals surface area contributed by atoms with Gasteiger partial charge in [0.25, 0.3) is 0 Å². The van der Waals surface area contributed by atoms with Crippen molar-refractivity contribution in [3.8, 4) is 0 Å². The van der Waals surface area contributed by atoms with Crippen LogP contribution in [0.15, 0.2) is 30.7 Å². The van der Waals surface area contributed by atoms with E-state index < -0.39 is 0 Å². The standard InChI is InChI=1S/C16H22N6/c1-12-8-18-16(19-9-12)20-13-4-5-15(17-10-13)22-7-6-14(11-22)21(2)3/h4-5,8-10,14H,6-7,11H2,1-3H3,(H,18,19,20). The first kappa shape index (κ1) is 14.7. The van der Waals surface area contributed by atoms with E-state index in [9.17, 15) is 0 Å². The summed E-state index contributed by atoms with van der Waals surface area (Å²) in [4.78, 5) is 17.6. The van der Waals surface area contributed by atoms with Gasteiger partial charge in [-0.05, 0) is 45.1 Å². The van der Waals surface area contributed by atoms with Gasteiger partial charge in [0.2, 0.25) is 5.95 Å². The second-order valence-electron chi connectivity index (χ2n) is 5.97. The van der Waals surface area contributed by atoms with E-state index in [0.29, 0.717) is 12.0 Å². The van der Waals surface area contributed by atoms with Crippen molar-refractivity contribution in [2.24, 2.45) is 0 Å². The molecule has 0 bridgehead atoms. The van der Waals surface area contributed by atoms with E-state index >= 15 is 0 Å². The van der Waals surface area contributed by atoms with E-state index in [-0.39, 0.29) is 0 Å². The molecule has 1 fully saturated rings. The molecule has 0 amide bonds. The zero-order chi connectivity index (χ0) is 15.5. The van der Waals surface area contributed by atoms with Crippen molar-refractivity contribution < 1.29 is 0 Å². The Hall–Kier alpha value is -2.21. The van der Waals surface area contributed by atoms with Crippen LogP contribution in [0, 0.1) is 6.92 Å². The van der Waals surface area contributed by atoms with Gasteiger partial charge in [0.05, 0.1) is 11.9 Å². The van der Waals surface area contributed by atoms with Crippen molar-refractivity contribution >= 4 is 17.5 Å². The van der Waals surface area contributed by atoms with Gasteiger partial charge < -0.3 is 15.1 Å². The summed E-state index contributed by atoms with van der Waals surface area (Å²) in [5.41, 5.74) is 1.94. The molecule has 2 aromatic rings. The van der Waals surface area contributed by atoms with Gasteiger partial charge in [0.15, 0.2) is 0 Å². The van der Waals surface area contributed by atoms with Crippen molar-refractivity contribution in [3.63, 3.8) is 0 Å². The Morgan fingerprint density at radius 2 is 1.91 bits per heavy atom. The molecule has 2 aromatic heterocycles. The fraction of sp³-hybridized carbons (Fsp3) is 0.438. The highest BCUT2D eigenvalue weighted by Gasteiger charge is 2.24. The minimum absolute atomic E-state index is 0.592. The predicted molar refractivity (Wildman–Crippen MR) is 88.6 cm³/mol. The lowest BCUT2D eigenvalue weighted by Crippen LogP contribution is -2.31. The molecule has 0 aromatic carbocycles. The van der Waals surface area contributed by atoms with Crippen molar-refractivity contribution in [2.45, 2.75) is 19.4 Å². The maximum atomic E-state index is 4.56. The van der Waals surface area contributed by atoms with Gasteiger partial charge in [-0.15, -0.1) is 0 Å². The van der Waals surface area contributed by atoms with Crippen LogP contribution < -0.4 is 10.2 Å². The number of nitrogens with zero attached hydrogens (tertiary/aromatic N) is 5. The van der Waals surface area contributed by atoms with Gasteiger partial charge in [0, 0.05) is 31.5 Å². The Labute approximate surface area is 131 Å². The fourth-order valence-electron chi connectivity index (χ4n) is 2.60. The number of aryl methyl sites for hydroxylation is 1. The Morgan fingerprint density at radius 1 is 1.14 bits per heavy atom. The van der Waals surface area contributed by atoms with Crippen LogP contribution in [0.5, 0.6) is 0 Å². The number of nitrogens with one attached hydrogen (secondary N) is 1. The molecule has 3 heterocycles. The molecule has 1 N–H and O–H groups in total. The molecule has 0 aliphatic carbocycles. The Kier molecular flexibility index (Phi) is 4.20. The van der Waals surface area contributed by atoms with Gasteiger partial charge in [-0.2, -0.15) is 0 Å². The summed E-state index contributed by atoms with van der Waals surface area (Å²) in [6, 6.07) is 4.68. The zero-order valence-corrected chi connectivity index (χ0v) is 13.3. The number of aromatic nitrogens is 3. The highest BCUT2D eigenvalue weighted by molar-refractivity contribution is 5.55. The number of likely N-dealkylation sites (N-methyl/N-ethyl adjacent to an activating group) is 1. The number of pyridine rings is 1. The molecular formula is C16H22N6. The SMILES string of the molecule is Cc1cnc(Nc2ccc(N3CCC(N(C)C)C3)nc2)nc1. The second kappa shape index (κ2) is 6.27. The molecule has 6 nitrogen and oxygen atoms in total. The van der Waals surface area contributed by atoms with Crippen LogP contribution in [0.1, 0.15) is 12.0 Å². The Morgan fingerprint density at radius 3 is 2.50 bits per heavy atom. The van der Waals surface area contributed by atoms with Crippen molar-refractivity contribution in [2.75, 3.05) is 37.4 Å². The largest absolute Gasteiger partial charge is 0.355 e. The van der Waals surface area contributed by atoms with Gasteiger partial charge in [0.1, 0.15) is 5.82 Å². The number of rotatable bonds is 4. The van der Waals surface area contributed by atoms with Crippen LogP contribution in [0.4, 0.5) is 17.5 Å². The molecular weight excluding hydrogens is 276 g/mol.